The van der Waals surface area contributed by atoms with Crippen molar-refractivity contribution < 1.29 is 9.13 Å². The van der Waals surface area contributed by atoms with Crippen LogP contribution in [-0.4, -0.2) is 21.4 Å². The van der Waals surface area contributed by atoms with Crippen LogP contribution >= 0.6 is 0 Å². The Morgan fingerprint density at radius 3 is 2.76 bits per heavy atom. The summed E-state index contributed by atoms with van der Waals surface area (Å²) in [6, 6.07) is 13.6. The molecule has 0 saturated carbocycles. The second-order valence-electron chi connectivity index (χ2n) is 4.99. The van der Waals surface area contributed by atoms with Gasteiger partial charge in [0.1, 0.15) is 18.2 Å². The zero-order chi connectivity index (χ0) is 17.5. The van der Waals surface area contributed by atoms with Crippen LogP contribution in [-0.2, 0) is 6.61 Å². The highest BCUT2D eigenvalue weighted by molar-refractivity contribution is 5.80. The third-order valence-corrected chi connectivity index (χ3v) is 3.19. The van der Waals surface area contributed by atoms with Gasteiger partial charge in [0.25, 0.3) is 0 Å². The van der Waals surface area contributed by atoms with E-state index in [0.29, 0.717) is 11.3 Å². The Balaban J connectivity index is 1.56. The number of hydrogen-bond donors (Lipinski definition) is 2. The van der Waals surface area contributed by atoms with E-state index in [-0.39, 0.29) is 18.2 Å². The molecular weight excluding hydrogens is 325 g/mol. The van der Waals surface area contributed by atoms with E-state index in [9.17, 15) is 9.18 Å². The van der Waals surface area contributed by atoms with Gasteiger partial charge < -0.3 is 4.74 Å². The topological polar surface area (TPSA) is 92.3 Å². The minimum Gasteiger partial charge on any atom is -0.489 e. The number of nitrogens with one attached hydrogen (secondary N) is 2. The van der Waals surface area contributed by atoms with Crippen LogP contribution in [0.3, 0.4) is 0 Å². The van der Waals surface area contributed by atoms with Crippen LogP contribution in [0.1, 0.15) is 11.1 Å². The lowest BCUT2D eigenvalue weighted by Gasteiger charge is -2.07. The van der Waals surface area contributed by atoms with E-state index < -0.39 is 5.69 Å². The van der Waals surface area contributed by atoms with Crippen molar-refractivity contribution in [2.45, 2.75) is 6.61 Å². The van der Waals surface area contributed by atoms with Crippen LogP contribution in [0.2, 0.25) is 0 Å². The minimum atomic E-state index is -0.559. The van der Waals surface area contributed by atoms with Gasteiger partial charge in [-0.25, -0.2) is 14.3 Å². The Morgan fingerprint density at radius 2 is 2.00 bits per heavy atom. The molecule has 0 unspecified atom stereocenters. The highest BCUT2D eigenvalue weighted by Crippen LogP contribution is 2.15. The van der Waals surface area contributed by atoms with E-state index in [0.717, 1.165) is 5.56 Å². The van der Waals surface area contributed by atoms with Crippen molar-refractivity contribution in [3.8, 4) is 5.75 Å². The molecule has 2 N–H and O–H groups in total. The molecule has 8 heteroatoms. The molecule has 7 nitrogen and oxygen atoms in total. The average molecular weight is 339 g/mol. The fourth-order valence-corrected chi connectivity index (χ4v) is 1.97. The van der Waals surface area contributed by atoms with Gasteiger partial charge in [0.2, 0.25) is 0 Å². The second-order valence-corrected chi connectivity index (χ2v) is 4.99. The van der Waals surface area contributed by atoms with Gasteiger partial charge in [-0.05, 0) is 35.9 Å². The lowest BCUT2D eigenvalue weighted by atomic mass is 10.2. The molecule has 0 aliphatic rings. The quantitative estimate of drug-likeness (QED) is 0.531. The lowest BCUT2D eigenvalue weighted by molar-refractivity contribution is 0.300. The summed E-state index contributed by atoms with van der Waals surface area (Å²) < 4.78 is 19.1. The SMILES string of the molecule is O=c1nc(N/N=C/c2ccc(OCc3ccccc3F)cc2)cn[nH]1. The first-order valence-electron chi connectivity index (χ1n) is 7.38. The maximum absolute atomic E-state index is 13.5. The second kappa shape index (κ2) is 7.82. The smallest absolute Gasteiger partial charge is 0.363 e. The van der Waals surface area contributed by atoms with Gasteiger partial charge in [0.15, 0.2) is 5.82 Å². The number of H-pyrrole nitrogens is 1. The maximum atomic E-state index is 13.5. The Kier molecular flexibility index (Phi) is 5.10. The molecule has 0 bridgehead atoms. The molecular formula is C17H14FN5O2. The summed E-state index contributed by atoms with van der Waals surface area (Å²) in [6.07, 6.45) is 2.90. The first-order valence-corrected chi connectivity index (χ1v) is 7.38. The van der Waals surface area contributed by atoms with Crippen molar-refractivity contribution in [2.24, 2.45) is 5.10 Å². The van der Waals surface area contributed by atoms with E-state index in [1.807, 2.05) is 0 Å². The molecule has 0 radical (unpaired) electrons. The minimum absolute atomic E-state index is 0.156. The summed E-state index contributed by atoms with van der Waals surface area (Å²) in [7, 11) is 0. The van der Waals surface area contributed by atoms with Crippen LogP contribution in [0.5, 0.6) is 5.75 Å². The molecule has 25 heavy (non-hydrogen) atoms. The molecule has 3 rings (SSSR count). The summed E-state index contributed by atoms with van der Waals surface area (Å²) in [5, 5.41) is 9.73. The number of rotatable bonds is 6. The van der Waals surface area contributed by atoms with Gasteiger partial charge in [-0.1, -0.05) is 18.2 Å². The van der Waals surface area contributed by atoms with E-state index in [1.54, 1.807) is 48.7 Å². The molecule has 0 saturated heterocycles. The molecule has 1 heterocycles. The Labute approximate surface area is 142 Å². The fourth-order valence-electron chi connectivity index (χ4n) is 1.97. The van der Waals surface area contributed by atoms with E-state index in [1.165, 1.54) is 12.3 Å². The number of benzene rings is 2. The van der Waals surface area contributed by atoms with Crippen molar-refractivity contribution in [1.82, 2.24) is 15.2 Å². The summed E-state index contributed by atoms with van der Waals surface area (Å²) >= 11 is 0. The van der Waals surface area contributed by atoms with E-state index in [4.69, 9.17) is 4.74 Å². The van der Waals surface area contributed by atoms with Crippen molar-refractivity contribution in [3.05, 3.63) is 82.2 Å². The molecule has 0 atom stereocenters. The Hall–Kier alpha value is -3.55. The third kappa shape index (κ3) is 4.71. The number of hydrogen-bond acceptors (Lipinski definition) is 6. The standard InChI is InChI=1S/C17H14FN5O2/c18-15-4-2-1-3-13(15)11-25-14-7-5-12(6-8-14)9-19-22-16-10-20-23-17(24)21-16/h1-10H,11H2,(H2,21,22,23,24)/b19-9+. The van der Waals surface area contributed by atoms with E-state index >= 15 is 0 Å². The van der Waals surface area contributed by atoms with Gasteiger partial charge >= 0.3 is 5.69 Å². The van der Waals surface area contributed by atoms with Crippen molar-refractivity contribution in [2.75, 3.05) is 5.43 Å². The van der Waals surface area contributed by atoms with Crippen molar-refractivity contribution >= 4 is 12.0 Å². The van der Waals surface area contributed by atoms with Crippen LogP contribution in [0.4, 0.5) is 10.2 Å². The summed E-state index contributed by atoms with van der Waals surface area (Å²) in [5.74, 6) is 0.568. The largest absolute Gasteiger partial charge is 0.489 e. The van der Waals surface area contributed by atoms with Crippen LogP contribution in [0.25, 0.3) is 0 Å². The number of ether oxygens (including phenoxy) is 1. The van der Waals surface area contributed by atoms with Gasteiger partial charge in [-0.3, -0.25) is 5.43 Å². The number of hydrazone groups is 1. The molecule has 0 fully saturated rings. The van der Waals surface area contributed by atoms with E-state index in [2.05, 4.69) is 25.7 Å². The van der Waals surface area contributed by atoms with Crippen molar-refractivity contribution in [3.63, 3.8) is 0 Å². The summed E-state index contributed by atoms with van der Waals surface area (Å²) in [5.41, 5.74) is 3.35. The number of halogens is 1. The predicted octanol–water partition coefficient (Wildman–Crippen LogP) is 2.33. The normalized spacial score (nSPS) is 10.8. The Morgan fingerprint density at radius 1 is 1.20 bits per heavy atom. The van der Waals surface area contributed by atoms with Crippen LogP contribution in [0, 0.1) is 5.82 Å². The zero-order valence-electron chi connectivity index (χ0n) is 13.0. The van der Waals surface area contributed by atoms with Crippen LogP contribution < -0.4 is 15.9 Å². The first kappa shape index (κ1) is 16.3. The lowest BCUT2D eigenvalue weighted by Crippen LogP contribution is -2.13. The summed E-state index contributed by atoms with van der Waals surface area (Å²) in [6.45, 7) is 0.156. The number of aromatic amines is 1. The maximum Gasteiger partial charge on any atom is 0.363 e. The van der Waals surface area contributed by atoms with Gasteiger partial charge in [0, 0.05) is 5.56 Å². The molecule has 2 aromatic carbocycles. The molecule has 3 aromatic rings. The molecule has 1 aromatic heterocycles. The highest BCUT2D eigenvalue weighted by Gasteiger charge is 2.01. The van der Waals surface area contributed by atoms with Gasteiger partial charge in [-0.2, -0.15) is 15.2 Å². The van der Waals surface area contributed by atoms with Crippen LogP contribution in [0.15, 0.2) is 64.6 Å². The van der Waals surface area contributed by atoms with Gasteiger partial charge in [0.05, 0.1) is 12.4 Å². The monoisotopic (exact) mass is 339 g/mol. The molecule has 0 aliphatic carbocycles. The van der Waals surface area contributed by atoms with Gasteiger partial charge in [-0.15, -0.1) is 0 Å². The highest BCUT2D eigenvalue weighted by atomic mass is 19.1. The van der Waals surface area contributed by atoms with Crippen molar-refractivity contribution in [1.29, 1.82) is 0 Å². The molecule has 0 aliphatic heterocycles. The Bertz CT molecular complexity index is 925. The molecule has 0 amide bonds. The number of aromatic nitrogens is 3. The average Bonchev–Trinajstić information content (AvgIpc) is 2.62. The zero-order valence-corrected chi connectivity index (χ0v) is 13.0. The molecule has 126 valence electrons. The molecule has 0 spiro atoms. The fraction of sp³-hybridized carbons (Fsp3) is 0.0588. The third-order valence-electron chi connectivity index (χ3n) is 3.19. The first-order chi connectivity index (χ1) is 12.2. The number of nitrogens with zero attached hydrogens (tertiary/aromatic N) is 3. The predicted molar refractivity (Wildman–Crippen MR) is 91.0 cm³/mol. The number of anilines is 1. The summed E-state index contributed by atoms with van der Waals surface area (Å²) in [4.78, 5) is 14.6.